The summed E-state index contributed by atoms with van der Waals surface area (Å²) < 4.78 is 1.65. The van der Waals surface area contributed by atoms with Crippen LogP contribution in [0.4, 0.5) is 0 Å². The molecule has 2 N–H and O–H groups in total. The van der Waals surface area contributed by atoms with E-state index in [1.165, 1.54) is 0 Å². The Bertz CT molecular complexity index is 1030. The molecule has 3 aliphatic rings. The molecule has 32 heavy (non-hydrogen) atoms. The topological polar surface area (TPSA) is 113 Å². The average molecular weight is 438 g/mol. The fraction of sp³-hybridized carbons (Fsp3) is 0.522. The molecule has 2 aromatic rings. The number of nitrogens with one attached hydrogen (secondary N) is 2. The highest BCUT2D eigenvalue weighted by Crippen LogP contribution is 2.42. The van der Waals surface area contributed by atoms with E-state index in [2.05, 4.69) is 15.7 Å². The predicted octanol–water partition coefficient (Wildman–Crippen LogP) is 0.785. The van der Waals surface area contributed by atoms with Crippen LogP contribution in [0.5, 0.6) is 0 Å². The molecule has 0 bridgehead atoms. The molecule has 0 aromatic carbocycles. The zero-order valence-corrected chi connectivity index (χ0v) is 17.8. The van der Waals surface area contributed by atoms with Crippen LogP contribution in [0.1, 0.15) is 42.6 Å². The SMILES string of the molecule is O=C[C@H](C[C@@H]1CCNC1=O)NC(=O)C1[C@H]2CCC[C@H]2CN1C(=O)c1cc2ccccn2n1. The van der Waals surface area contributed by atoms with Crippen LogP contribution < -0.4 is 10.6 Å². The predicted molar refractivity (Wildman–Crippen MR) is 115 cm³/mol. The van der Waals surface area contributed by atoms with Gasteiger partial charge in [-0.15, -0.1) is 0 Å². The van der Waals surface area contributed by atoms with Gasteiger partial charge in [-0.3, -0.25) is 14.4 Å². The summed E-state index contributed by atoms with van der Waals surface area (Å²) >= 11 is 0. The lowest BCUT2D eigenvalue weighted by Gasteiger charge is -2.28. The fourth-order valence-electron chi connectivity index (χ4n) is 5.63. The second kappa shape index (κ2) is 8.37. The number of aldehydes is 1. The van der Waals surface area contributed by atoms with E-state index in [0.717, 1.165) is 24.8 Å². The van der Waals surface area contributed by atoms with Gasteiger partial charge in [-0.1, -0.05) is 12.5 Å². The molecule has 1 aliphatic carbocycles. The molecule has 0 radical (unpaired) electrons. The maximum atomic E-state index is 13.4. The number of amides is 3. The number of carbonyl (C=O) groups is 4. The Morgan fingerprint density at radius 2 is 2.16 bits per heavy atom. The number of nitrogens with zero attached hydrogens (tertiary/aromatic N) is 3. The quantitative estimate of drug-likeness (QED) is 0.649. The van der Waals surface area contributed by atoms with Crippen molar-refractivity contribution in [1.29, 1.82) is 0 Å². The van der Waals surface area contributed by atoms with Gasteiger partial charge in [0, 0.05) is 25.2 Å². The minimum Gasteiger partial charge on any atom is -0.356 e. The van der Waals surface area contributed by atoms with E-state index in [0.29, 0.717) is 31.5 Å². The van der Waals surface area contributed by atoms with Gasteiger partial charge < -0.3 is 20.3 Å². The molecule has 2 saturated heterocycles. The summed E-state index contributed by atoms with van der Waals surface area (Å²) in [5, 5.41) is 9.98. The summed E-state index contributed by atoms with van der Waals surface area (Å²) in [4.78, 5) is 51.9. The van der Waals surface area contributed by atoms with Crippen LogP contribution in [0.25, 0.3) is 5.52 Å². The van der Waals surface area contributed by atoms with Gasteiger partial charge in [0.25, 0.3) is 5.91 Å². The maximum absolute atomic E-state index is 13.4. The van der Waals surface area contributed by atoms with Gasteiger partial charge in [0.1, 0.15) is 12.3 Å². The Morgan fingerprint density at radius 1 is 1.28 bits per heavy atom. The third kappa shape index (κ3) is 3.65. The van der Waals surface area contributed by atoms with E-state index in [-0.39, 0.29) is 41.9 Å². The van der Waals surface area contributed by atoms with Gasteiger partial charge >= 0.3 is 0 Å². The van der Waals surface area contributed by atoms with Gasteiger partial charge in [0.15, 0.2) is 5.69 Å². The molecule has 3 amide bonds. The molecule has 168 valence electrons. The number of hydrogen-bond acceptors (Lipinski definition) is 5. The van der Waals surface area contributed by atoms with Gasteiger partial charge in [0.05, 0.1) is 11.6 Å². The van der Waals surface area contributed by atoms with Crippen molar-refractivity contribution < 1.29 is 19.2 Å². The van der Waals surface area contributed by atoms with Crippen molar-refractivity contribution in [3.8, 4) is 0 Å². The van der Waals surface area contributed by atoms with Crippen molar-refractivity contribution in [3.05, 3.63) is 36.2 Å². The first-order valence-corrected chi connectivity index (χ1v) is 11.3. The molecule has 5 rings (SSSR count). The molecule has 9 heteroatoms. The summed E-state index contributed by atoms with van der Waals surface area (Å²) in [5.41, 5.74) is 1.12. The van der Waals surface area contributed by atoms with Crippen LogP contribution in [-0.2, 0) is 14.4 Å². The van der Waals surface area contributed by atoms with Crippen molar-refractivity contribution in [3.63, 3.8) is 0 Å². The monoisotopic (exact) mass is 437 g/mol. The van der Waals surface area contributed by atoms with Gasteiger partial charge in [-0.2, -0.15) is 5.10 Å². The third-order valence-corrected chi connectivity index (χ3v) is 7.20. The van der Waals surface area contributed by atoms with Gasteiger partial charge in [-0.25, -0.2) is 4.52 Å². The van der Waals surface area contributed by atoms with Crippen LogP contribution in [0.15, 0.2) is 30.5 Å². The highest BCUT2D eigenvalue weighted by molar-refractivity contribution is 5.98. The van der Waals surface area contributed by atoms with Gasteiger partial charge in [0.2, 0.25) is 11.8 Å². The lowest BCUT2D eigenvalue weighted by Crippen LogP contribution is -2.52. The zero-order valence-electron chi connectivity index (χ0n) is 17.8. The van der Waals surface area contributed by atoms with Gasteiger partial charge in [-0.05, 0) is 55.7 Å². The minimum absolute atomic E-state index is 0.0773. The van der Waals surface area contributed by atoms with Crippen LogP contribution in [-0.4, -0.2) is 63.7 Å². The van der Waals surface area contributed by atoms with E-state index in [1.54, 1.807) is 21.7 Å². The first-order chi connectivity index (χ1) is 15.5. The molecule has 2 aliphatic heterocycles. The van der Waals surface area contributed by atoms with Crippen molar-refractivity contribution in [1.82, 2.24) is 25.1 Å². The molecular weight excluding hydrogens is 410 g/mol. The smallest absolute Gasteiger partial charge is 0.275 e. The molecule has 5 atom stereocenters. The molecule has 9 nitrogen and oxygen atoms in total. The van der Waals surface area contributed by atoms with E-state index in [1.807, 2.05) is 18.2 Å². The number of aromatic nitrogens is 2. The Balaban J connectivity index is 1.35. The van der Waals surface area contributed by atoms with Crippen molar-refractivity contribution in [2.45, 2.75) is 44.2 Å². The van der Waals surface area contributed by atoms with E-state index < -0.39 is 12.1 Å². The molecule has 3 fully saturated rings. The average Bonchev–Trinajstić information content (AvgIpc) is 3.56. The first kappa shape index (κ1) is 20.7. The number of fused-ring (bicyclic) bond motifs is 2. The fourth-order valence-corrected chi connectivity index (χ4v) is 5.63. The zero-order chi connectivity index (χ0) is 22.2. The number of carbonyl (C=O) groups excluding carboxylic acids is 4. The van der Waals surface area contributed by atoms with Crippen LogP contribution in [0.3, 0.4) is 0 Å². The van der Waals surface area contributed by atoms with Crippen LogP contribution >= 0.6 is 0 Å². The summed E-state index contributed by atoms with van der Waals surface area (Å²) in [6.45, 7) is 1.11. The van der Waals surface area contributed by atoms with Crippen LogP contribution in [0, 0.1) is 17.8 Å². The van der Waals surface area contributed by atoms with Crippen molar-refractivity contribution in [2.24, 2.45) is 17.8 Å². The Hall–Kier alpha value is -3.23. The molecule has 4 heterocycles. The number of hydrogen-bond donors (Lipinski definition) is 2. The minimum atomic E-state index is -0.746. The number of rotatable bonds is 6. The highest BCUT2D eigenvalue weighted by Gasteiger charge is 2.50. The Kier molecular flexibility index (Phi) is 5.40. The number of pyridine rings is 1. The summed E-state index contributed by atoms with van der Waals surface area (Å²) in [5.74, 6) is -0.566. The molecule has 1 saturated carbocycles. The highest BCUT2D eigenvalue weighted by atomic mass is 16.2. The third-order valence-electron chi connectivity index (χ3n) is 7.20. The maximum Gasteiger partial charge on any atom is 0.275 e. The Labute approximate surface area is 185 Å². The van der Waals surface area contributed by atoms with E-state index in [4.69, 9.17) is 0 Å². The lowest BCUT2D eigenvalue weighted by atomic mass is 9.92. The normalized spacial score (nSPS) is 27.9. The van der Waals surface area contributed by atoms with Crippen LogP contribution in [0.2, 0.25) is 0 Å². The molecule has 2 aromatic heterocycles. The lowest BCUT2D eigenvalue weighted by molar-refractivity contribution is -0.129. The summed E-state index contributed by atoms with van der Waals surface area (Å²) in [6, 6.07) is 5.96. The van der Waals surface area contributed by atoms with E-state index >= 15 is 0 Å². The molecule has 1 unspecified atom stereocenters. The Morgan fingerprint density at radius 3 is 2.91 bits per heavy atom. The largest absolute Gasteiger partial charge is 0.356 e. The summed E-state index contributed by atoms with van der Waals surface area (Å²) in [7, 11) is 0. The van der Waals surface area contributed by atoms with E-state index in [9.17, 15) is 19.2 Å². The van der Waals surface area contributed by atoms with Crippen molar-refractivity contribution >= 4 is 29.5 Å². The second-order valence-corrected chi connectivity index (χ2v) is 9.12. The summed E-state index contributed by atoms with van der Waals surface area (Å²) in [6.07, 6.45) is 6.32. The molecule has 0 spiro atoms. The number of likely N-dealkylation sites (tertiary alicyclic amines) is 1. The first-order valence-electron chi connectivity index (χ1n) is 11.3. The second-order valence-electron chi connectivity index (χ2n) is 9.12. The van der Waals surface area contributed by atoms with Crippen molar-refractivity contribution in [2.75, 3.05) is 13.1 Å². The standard InChI is InChI=1S/C23H27N5O4/c29-13-16(10-14-7-8-24-21(14)30)25-22(31)20-18-6-3-4-15(18)12-27(20)23(32)19-11-17-5-1-2-9-28(17)26-19/h1-2,5,9,11,13-16,18,20H,3-4,6-8,10,12H2,(H,24,30)(H,25,31)/t14-,15-,16-,18-,20?/m0/s1. The molecular formula is C23H27N5O4.